The Morgan fingerprint density at radius 2 is 2.25 bits per heavy atom. The minimum Gasteiger partial charge on any atom is -0.273 e. The fourth-order valence-corrected chi connectivity index (χ4v) is 0.177. The second kappa shape index (κ2) is 0.530. The van der Waals surface area contributed by atoms with E-state index < -0.39 is 11.1 Å². The van der Waals surface area contributed by atoms with E-state index in [-0.39, 0.29) is 0 Å². The Hall–Kier alpha value is 0.110. The molecule has 2 nitrogen and oxygen atoms in total. The smallest absolute Gasteiger partial charge is 0.184 e. The van der Waals surface area contributed by atoms with Crippen molar-refractivity contribution in [1.82, 2.24) is 0 Å². The van der Waals surface area contributed by atoms with Crippen LogP contribution in [-0.4, -0.2) is 10.1 Å². The Balaban J connectivity index is 2.60. The molecule has 1 unspecified atom stereocenters. The zero-order chi connectivity index (χ0) is 2.99. The van der Waals surface area contributed by atoms with Gasteiger partial charge in [-0.2, -0.15) is 0 Å². The van der Waals surface area contributed by atoms with Gasteiger partial charge in [-0.3, -0.25) is 4.18 Å². The maximum Gasteiger partial charge on any atom is 0.184 e. The average Bonchev–Trinajstić information content (AvgIpc) is 1.75. The summed E-state index contributed by atoms with van der Waals surface area (Å²) in [7, 11) is 0. The molecule has 1 rings (SSSR count). The van der Waals surface area contributed by atoms with E-state index in [2.05, 4.69) is 4.18 Å². The lowest BCUT2D eigenvalue weighted by atomic mass is 11.7. The molecule has 1 aliphatic rings. The summed E-state index contributed by atoms with van der Waals surface area (Å²) >= 11 is -0.861. The molecule has 0 bridgehead atoms. The lowest BCUT2D eigenvalue weighted by molar-refractivity contribution is 0.557. The van der Waals surface area contributed by atoms with Crippen molar-refractivity contribution in [2.75, 3.05) is 5.94 Å². The number of hydrogen-bond acceptors (Lipinski definition) is 2. The SMILES string of the molecule is O=S1CO1. The summed E-state index contributed by atoms with van der Waals surface area (Å²) in [5.41, 5.74) is 0. The van der Waals surface area contributed by atoms with Crippen LogP contribution in [0.4, 0.5) is 0 Å². The van der Waals surface area contributed by atoms with Crippen LogP contribution in [0.1, 0.15) is 0 Å². The lowest BCUT2D eigenvalue weighted by Crippen LogP contribution is -1.38. The van der Waals surface area contributed by atoms with Crippen LogP contribution in [0.2, 0.25) is 0 Å². The first-order valence-electron chi connectivity index (χ1n) is 0.911. The van der Waals surface area contributed by atoms with Gasteiger partial charge in [0.2, 0.25) is 0 Å². The molecule has 1 atom stereocenters. The van der Waals surface area contributed by atoms with Gasteiger partial charge in [0.25, 0.3) is 0 Å². The highest BCUT2D eigenvalue weighted by molar-refractivity contribution is 7.85. The monoisotopic (exact) mass is 78.0 g/mol. The van der Waals surface area contributed by atoms with Crippen molar-refractivity contribution in [2.45, 2.75) is 0 Å². The zero-order valence-electron chi connectivity index (χ0n) is 1.93. The normalized spacial score (nSPS) is 39.5. The summed E-state index contributed by atoms with van der Waals surface area (Å²) in [5.74, 6) is 0.458. The van der Waals surface area contributed by atoms with Crippen molar-refractivity contribution in [3.05, 3.63) is 0 Å². The molecule has 1 saturated heterocycles. The van der Waals surface area contributed by atoms with Crippen LogP contribution in [0.15, 0.2) is 0 Å². The fourth-order valence-electron chi connectivity index (χ4n) is 0.0196. The molecule has 1 heterocycles. The van der Waals surface area contributed by atoms with Crippen LogP contribution in [0, 0.1) is 0 Å². The Labute approximate surface area is 26.4 Å². The molecule has 0 spiro atoms. The van der Waals surface area contributed by atoms with Crippen molar-refractivity contribution in [2.24, 2.45) is 0 Å². The second-order valence-electron chi connectivity index (χ2n) is 0.539. The second-order valence-corrected chi connectivity index (χ2v) is 1.62. The Bertz CT molecular complexity index is 44.0. The van der Waals surface area contributed by atoms with Gasteiger partial charge in [0, 0.05) is 0 Å². The van der Waals surface area contributed by atoms with Crippen LogP contribution in [-0.2, 0) is 15.3 Å². The van der Waals surface area contributed by atoms with E-state index in [4.69, 9.17) is 0 Å². The van der Waals surface area contributed by atoms with Crippen LogP contribution >= 0.6 is 0 Å². The van der Waals surface area contributed by atoms with Gasteiger partial charge in [-0.1, -0.05) is 0 Å². The predicted molar refractivity (Wildman–Crippen MR) is 14.1 cm³/mol. The minimum atomic E-state index is -0.861. The van der Waals surface area contributed by atoms with Crippen LogP contribution in [0.3, 0.4) is 0 Å². The molecule has 3 heteroatoms. The summed E-state index contributed by atoms with van der Waals surface area (Å²) in [6.45, 7) is 0. The highest BCUT2D eigenvalue weighted by Gasteiger charge is 2.12. The molecule has 0 aromatic rings. The molecular weight excluding hydrogens is 76.1 g/mol. The average molecular weight is 78.1 g/mol. The van der Waals surface area contributed by atoms with Gasteiger partial charge in [-0.15, -0.1) is 0 Å². The highest BCUT2D eigenvalue weighted by atomic mass is 32.2. The molecule has 0 saturated carbocycles. The summed E-state index contributed by atoms with van der Waals surface area (Å²) in [6.07, 6.45) is 0. The summed E-state index contributed by atoms with van der Waals surface area (Å²) in [5, 5.41) is 0. The van der Waals surface area contributed by atoms with Crippen molar-refractivity contribution in [1.29, 1.82) is 0 Å². The Morgan fingerprint density at radius 3 is 2.25 bits per heavy atom. The third-order valence-corrected chi connectivity index (χ3v) is 0.642. The lowest BCUT2D eigenvalue weighted by Gasteiger charge is -1.28. The molecule has 4 heavy (non-hydrogen) atoms. The summed E-state index contributed by atoms with van der Waals surface area (Å²) < 4.78 is 13.6. The standard InChI is InChI=1S/CH2O2S/c2-4-1-3-4/h1H2. The first kappa shape index (κ1) is 2.35. The molecule has 0 N–H and O–H groups in total. The van der Waals surface area contributed by atoms with E-state index in [9.17, 15) is 4.21 Å². The summed E-state index contributed by atoms with van der Waals surface area (Å²) in [6, 6.07) is 0. The molecule has 0 aromatic carbocycles. The molecule has 1 fully saturated rings. The Morgan fingerprint density at radius 1 is 2.00 bits per heavy atom. The molecule has 0 aromatic heterocycles. The zero-order valence-corrected chi connectivity index (χ0v) is 2.75. The Kier molecular flexibility index (Phi) is 0.312. The van der Waals surface area contributed by atoms with Gasteiger partial charge in [-0.25, -0.2) is 4.21 Å². The molecule has 24 valence electrons. The van der Waals surface area contributed by atoms with Crippen molar-refractivity contribution >= 4 is 11.1 Å². The molecule has 0 aliphatic carbocycles. The summed E-state index contributed by atoms with van der Waals surface area (Å²) in [4.78, 5) is 0. The first-order valence-corrected chi connectivity index (χ1v) is 2.15. The van der Waals surface area contributed by atoms with E-state index in [1.165, 1.54) is 0 Å². The topological polar surface area (TPSA) is 29.6 Å². The third kappa shape index (κ3) is 0.269. The maximum absolute atomic E-state index is 9.44. The number of hydrogen-bond donors (Lipinski definition) is 0. The van der Waals surface area contributed by atoms with Gasteiger partial charge in [0.1, 0.15) is 0 Å². The van der Waals surface area contributed by atoms with Crippen LogP contribution < -0.4 is 0 Å². The quantitative estimate of drug-likeness (QED) is 0.370. The van der Waals surface area contributed by atoms with E-state index in [0.29, 0.717) is 5.94 Å². The fraction of sp³-hybridized carbons (Fsp3) is 1.00. The molecular formula is CH2O2S. The third-order valence-electron chi connectivity index (χ3n) is 0.214. The van der Waals surface area contributed by atoms with E-state index in [0.717, 1.165) is 0 Å². The van der Waals surface area contributed by atoms with Crippen molar-refractivity contribution < 1.29 is 8.39 Å². The molecule has 0 radical (unpaired) electrons. The highest BCUT2D eigenvalue weighted by Crippen LogP contribution is 1.99. The van der Waals surface area contributed by atoms with Gasteiger partial charge in [0.15, 0.2) is 17.0 Å². The van der Waals surface area contributed by atoms with Crippen molar-refractivity contribution in [3.63, 3.8) is 0 Å². The number of rotatable bonds is 0. The van der Waals surface area contributed by atoms with Gasteiger partial charge in [-0.05, 0) is 0 Å². The molecule has 0 amide bonds. The largest absolute Gasteiger partial charge is 0.273 e. The first-order chi connectivity index (χ1) is 1.89. The van der Waals surface area contributed by atoms with Crippen LogP contribution in [0.5, 0.6) is 0 Å². The van der Waals surface area contributed by atoms with Gasteiger partial charge >= 0.3 is 0 Å². The predicted octanol–water partition coefficient (Wildman–Crippen LogP) is -0.362. The van der Waals surface area contributed by atoms with Gasteiger partial charge < -0.3 is 0 Å². The van der Waals surface area contributed by atoms with E-state index in [1.54, 1.807) is 0 Å². The van der Waals surface area contributed by atoms with Gasteiger partial charge in [0.05, 0.1) is 0 Å². The van der Waals surface area contributed by atoms with Crippen molar-refractivity contribution in [3.8, 4) is 0 Å². The molecule has 1 aliphatic heterocycles. The maximum atomic E-state index is 9.44. The van der Waals surface area contributed by atoms with Crippen LogP contribution in [0.25, 0.3) is 0 Å². The van der Waals surface area contributed by atoms with E-state index in [1.807, 2.05) is 0 Å². The minimum absolute atomic E-state index is 0.458. The van der Waals surface area contributed by atoms with E-state index >= 15 is 0 Å².